The molecule has 0 aromatic heterocycles. The third kappa shape index (κ3) is 2.97. The minimum atomic E-state index is 0.754. The Labute approximate surface area is 115 Å². The zero-order valence-electron chi connectivity index (χ0n) is 11.7. The van der Waals surface area contributed by atoms with Crippen LogP contribution in [0.3, 0.4) is 0 Å². The van der Waals surface area contributed by atoms with Crippen LogP contribution in [0, 0.1) is 20.8 Å². The van der Waals surface area contributed by atoms with Crippen LogP contribution in [0.25, 0.3) is 5.70 Å². The van der Waals surface area contributed by atoms with E-state index < -0.39 is 0 Å². The van der Waals surface area contributed by atoms with Crippen molar-refractivity contribution in [3.8, 4) is 0 Å². The molecule has 0 radical (unpaired) electrons. The molecule has 0 amide bonds. The van der Waals surface area contributed by atoms with Gasteiger partial charge in [0, 0.05) is 22.6 Å². The normalized spacial score (nSPS) is 10.3. The Morgan fingerprint density at radius 1 is 1.00 bits per heavy atom. The Kier molecular flexibility index (Phi) is 3.61. The van der Waals surface area contributed by atoms with Gasteiger partial charge >= 0.3 is 0 Å². The molecule has 2 rings (SSSR count). The molecule has 0 atom stereocenters. The largest absolute Gasteiger partial charge is 0.399 e. The van der Waals surface area contributed by atoms with Crippen LogP contribution in [0.1, 0.15) is 22.3 Å². The molecule has 0 aliphatic rings. The van der Waals surface area contributed by atoms with Crippen LogP contribution in [0.5, 0.6) is 0 Å². The molecule has 0 saturated carbocycles. The monoisotopic (exact) mass is 252 g/mol. The van der Waals surface area contributed by atoms with Gasteiger partial charge in [-0.15, -0.1) is 0 Å². The Bertz CT molecular complexity index is 627. The summed E-state index contributed by atoms with van der Waals surface area (Å²) in [5, 5.41) is 3.37. The van der Waals surface area contributed by atoms with Crippen molar-refractivity contribution < 1.29 is 0 Å². The van der Waals surface area contributed by atoms with Crippen LogP contribution < -0.4 is 11.1 Å². The highest BCUT2D eigenvalue weighted by molar-refractivity contribution is 5.79. The third-order valence-electron chi connectivity index (χ3n) is 3.25. The highest BCUT2D eigenvalue weighted by Crippen LogP contribution is 2.24. The van der Waals surface area contributed by atoms with E-state index in [1.807, 2.05) is 18.2 Å². The minimum absolute atomic E-state index is 0.754. The number of hydrogen-bond donors (Lipinski definition) is 2. The summed E-state index contributed by atoms with van der Waals surface area (Å²) in [7, 11) is 0. The molecule has 0 heterocycles. The van der Waals surface area contributed by atoms with E-state index in [2.05, 4.69) is 50.9 Å². The third-order valence-corrected chi connectivity index (χ3v) is 3.25. The summed E-state index contributed by atoms with van der Waals surface area (Å²) in [6.45, 7) is 10.4. The molecule has 0 fully saturated rings. The predicted octanol–water partition coefficient (Wildman–Crippen LogP) is 4.28. The number of hydrogen-bond acceptors (Lipinski definition) is 2. The average Bonchev–Trinajstić information content (AvgIpc) is 2.35. The van der Waals surface area contributed by atoms with E-state index in [9.17, 15) is 0 Å². The zero-order valence-corrected chi connectivity index (χ0v) is 11.7. The summed E-state index contributed by atoms with van der Waals surface area (Å²) in [5.74, 6) is 0. The lowest BCUT2D eigenvalue weighted by Crippen LogP contribution is -2.02. The molecule has 2 nitrogen and oxygen atoms in total. The maximum atomic E-state index is 5.84. The smallest absolute Gasteiger partial charge is 0.0414 e. The summed E-state index contributed by atoms with van der Waals surface area (Å²) in [6, 6.07) is 12.2. The molecule has 0 aliphatic carbocycles. The summed E-state index contributed by atoms with van der Waals surface area (Å²) >= 11 is 0. The van der Waals surface area contributed by atoms with Gasteiger partial charge in [-0.3, -0.25) is 0 Å². The van der Waals surface area contributed by atoms with Crippen LogP contribution >= 0.6 is 0 Å². The second-order valence-electron chi connectivity index (χ2n) is 5.00. The number of rotatable bonds is 3. The number of nitrogens with two attached hydrogens (primary N) is 1. The number of benzene rings is 2. The van der Waals surface area contributed by atoms with Crippen molar-refractivity contribution in [3.63, 3.8) is 0 Å². The van der Waals surface area contributed by atoms with E-state index in [0.717, 1.165) is 28.2 Å². The van der Waals surface area contributed by atoms with Crippen molar-refractivity contribution in [2.45, 2.75) is 20.8 Å². The van der Waals surface area contributed by atoms with Crippen LogP contribution in [0.4, 0.5) is 11.4 Å². The summed E-state index contributed by atoms with van der Waals surface area (Å²) in [6.07, 6.45) is 0. The topological polar surface area (TPSA) is 38.0 Å². The molecule has 2 aromatic rings. The molecule has 2 heteroatoms. The molecule has 0 saturated heterocycles. The Morgan fingerprint density at radius 2 is 1.74 bits per heavy atom. The second-order valence-corrected chi connectivity index (χ2v) is 5.00. The van der Waals surface area contributed by atoms with Crippen molar-refractivity contribution in [2.24, 2.45) is 0 Å². The molecule has 98 valence electrons. The van der Waals surface area contributed by atoms with Gasteiger partial charge < -0.3 is 11.1 Å². The van der Waals surface area contributed by atoms with E-state index >= 15 is 0 Å². The fourth-order valence-corrected chi connectivity index (χ4v) is 2.15. The lowest BCUT2D eigenvalue weighted by molar-refractivity contribution is 1.36. The van der Waals surface area contributed by atoms with Crippen LogP contribution in [0.15, 0.2) is 43.0 Å². The zero-order chi connectivity index (χ0) is 14.0. The van der Waals surface area contributed by atoms with Crippen molar-refractivity contribution in [2.75, 3.05) is 11.1 Å². The van der Waals surface area contributed by atoms with Crippen LogP contribution in [-0.4, -0.2) is 0 Å². The first-order valence-corrected chi connectivity index (χ1v) is 6.37. The highest BCUT2D eigenvalue weighted by atomic mass is 14.9. The van der Waals surface area contributed by atoms with Gasteiger partial charge in [-0.2, -0.15) is 0 Å². The number of nitrogen functional groups attached to an aromatic ring is 1. The van der Waals surface area contributed by atoms with Gasteiger partial charge in [0.05, 0.1) is 0 Å². The lowest BCUT2D eigenvalue weighted by Gasteiger charge is -2.15. The first kappa shape index (κ1) is 13.2. The molecular weight excluding hydrogens is 232 g/mol. The maximum Gasteiger partial charge on any atom is 0.0414 e. The van der Waals surface area contributed by atoms with Gasteiger partial charge in [-0.1, -0.05) is 30.3 Å². The molecule has 0 unspecified atom stereocenters. The van der Waals surface area contributed by atoms with Crippen LogP contribution in [-0.2, 0) is 0 Å². The van der Waals surface area contributed by atoms with Crippen molar-refractivity contribution in [1.82, 2.24) is 0 Å². The standard InChI is InChI=1S/C17H20N2/c1-11-5-8-17(13(3)9-11)19-14(4)16-10-15(18)7-6-12(16)2/h5-10,19H,4,18H2,1-3H3. The van der Waals surface area contributed by atoms with Gasteiger partial charge in [0.25, 0.3) is 0 Å². The van der Waals surface area contributed by atoms with Gasteiger partial charge in [-0.05, 0) is 50.1 Å². The quantitative estimate of drug-likeness (QED) is 0.800. The van der Waals surface area contributed by atoms with Crippen molar-refractivity contribution in [1.29, 1.82) is 0 Å². The molecular formula is C17H20N2. The first-order chi connectivity index (χ1) is 8.97. The molecule has 2 aromatic carbocycles. The number of nitrogens with one attached hydrogen (secondary N) is 1. The molecule has 0 spiro atoms. The van der Waals surface area contributed by atoms with E-state index in [4.69, 9.17) is 5.73 Å². The van der Waals surface area contributed by atoms with Gasteiger partial charge in [0.1, 0.15) is 0 Å². The summed E-state index contributed by atoms with van der Waals surface area (Å²) in [5.41, 5.74) is 13.2. The second kappa shape index (κ2) is 5.19. The van der Waals surface area contributed by atoms with E-state index in [0.29, 0.717) is 0 Å². The minimum Gasteiger partial charge on any atom is -0.399 e. The molecule has 0 bridgehead atoms. The summed E-state index contributed by atoms with van der Waals surface area (Å²) in [4.78, 5) is 0. The Morgan fingerprint density at radius 3 is 2.42 bits per heavy atom. The molecule has 0 aliphatic heterocycles. The highest BCUT2D eigenvalue weighted by Gasteiger charge is 2.05. The first-order valence-electron chi connectivity index (χ1n) is 6.37. The summed E-state index contributed by atoms with van der Waals surface area (Å²) < 4.78 is 0. The van der Waals surface area contributed by atoms with Gasteiger partial charge in [0.2, 0.25) is 0 Å². The average molecular weight is 252 g/mol. The van der Waals surface area contributed by atoms with Gasteiger partial charge in [0.15, 0.2) is 0 Å². The fourth-order valence-electron chi connectivity index (χ4n) is 2.15. The van der Waals surface area contributed by atoms with E-state index in [-0.39, 0.29) is 0 Å². The van der Waals surface area contributed by atoms with E-state index in [1.165, 1.54) is 11.1 Å². The fraction of sp³-hybridized carbons (Fsp3) is 0.176. The SMILES string of the molecule is C=C(Nc1ccc(C)cc1C)c1cc(N)ccc1C. The predicted molar refractivity (Wildman–Crippen MR) is 84.2 cm³/mol. The number of anilines is 2. The number of aryl methyl sites for hydroxylation is 3. The van der Waals surface area contributed by atoms with Crippen LogP contribution in [0.2, 0.25) is 0 Å². The Hall–Kier alpha value is -2.22. The molecule has 3 N–H and O–H groups in total. The van der Waals surface area contributed by atoms with Crippen molar-refractivity contribution in [3.05, 3.63) is 65.2 Å². The Balaban J connectivity index is 2.28. The van der Waals surface area contributed by atoms with E-state index in [1.54, 1.807) is 0 Å². The lowest BCUT2D eigenvalue weighted by atomic mass is 10.0. The van der Waals surface area contributed by atoms with Crippen molar-refractivity contribution >= 4 is 17.1 Å². The molecule has 19 heavy (non-hydrogen) atoms. The maximum absolute atomic E-state index is 5.84. The van der Waals surface area contributed by atoms with Gasteiger partial charge in [-0.25, -0.2) is 0 Å².